The maximum absolute atomic E-state index is 13.0. The van der Waals surface area contributed by atoms with Gasteiger partial charge in [-0.05, 0) is 31.2 Å². The van der Waals surface area contributed by atoms with E-state index in [1.54, 1.807) is 38.4 Å². The maximum atomic E-state index is 13.0. The smallest absolute Gasteiger partial charge is 0.306 e. The van der Waals surface area contributed by atoms with Gasteiger partial charge in [-0.25, -0.2) is 0 Å². The summed E-state index contributed by atoms with van der Waals surface area (Å²) in [5, 5.41) is 3.33. The Balaban J connectivity index is 1.76. The fraction of sp³-hybridized carbons (Fsp3) is 0.421. The Bertz CT molecular complexity index is 1030. The highest BCUT2D eigenvalue weighted by atomic mass is 16.5. The minimum atomic E-state index is -0.177. The summed E-state index contributed by atoms with van der Waals surface area (Å²) in [7, 11) is 3.26. The summed E-state index contributed by atoms with van der Waals surface area (Å²) in [6.07, 6.45) is 0. The Morgan fingerprint density at radius 3 is 2.43 bits per heavy atom. The summed E-state index contributed by atoms with van der Waals surface area (Å²) < 4.78 is 14.4. The number of piperazine rings is 1. The fourth-order valence-electron chi connectivity index (χ4n) is 3.38. The molecule has 1 aromatic carbocycles. The summed E-state index contributed by atoms with van der Waals surface area (Å²) in [5.74, 6) is 2.08. The largest absolute Gasteiger partial charge is 0.497 e. The third kappa shape index (κ3) is 3.18. The number of aryl methyl sites for hydroxylation is 1. The van der Waals surface area contributed by atoms with Crippen LogP contribution in [0, 0.1) is 0 Å². The fourth-order valence-corrected chi connectivity index (χ4v) is 3.38. The van der Waals surface area contributed by atoms with Crippen LogP contribution >= 0.6 is 0 Å². The van der Waals surface area contributed by atoms with Crippen molar-refractivity contribution in [2.45, 2.75) is 13.5 Å². The summed E-state index contributed by atoms with van der Waals surface area (Å²) in [6, 6.07) is 7.33. The van der Waals surface area contributed by atoms with Gasteiger partial charge >= 0.3 is 6.01 Å². The lowest BCUT2D eigenvalue weighted by atomic mass is 10.3. The van der Waals surface area contributed by atoms with E-state index in [1.165, 1.54) is 4.57 Å². The van der Waals surface area contributed by atoms with Gasteiger partial charge in [-0.3, -0.25) is 9.36 Å². The van der Waals surface area contributed by atoms with Crippen molar-refractivity contribution in [3.8, 4) is 17.5 Å². The molecular formula is C19H24N6O3. The van der Waals surface area contributed by atoms with Gasteiger partial charge < -0.3 is 24.3 Å². The van der Waals surface area contributed by atoms with Crippen LogP contribution in [-0.2, 0) is 13.6 Å². The standard InChI is InChI=1S/C19H24N6O3/c1-4-25-15-16(21-18(25)24-11-9-20-10-12-24)22-19(23(2)17(15)26)28-14-7-5-13(27-3)6-8-14/h5-8,20H,4,9-12H2,1-3H3. The van der Waals surface area contributed by atoms with E-state index >= 15 is 0 Å². The molecule has 0 radical (unpaired) electrons. The van der Waals surface area contributed by atoms with E-state index in [9.17, 15) is 4.79 Å². The second-order valence-electron chi connectivity index (χ2n) is 6.60. The number of nitrogens with one attached hydrogen (secondary N) is 1. The predicted molar refractivity (Wildman–Crippen MR) is 107 cm³/mol. The second kappa shape index (κ2) is 7.51. The summed E-state index contributed by atoms with van der Waals surface area (Å²) in [4.78, 5) is 24.4. The van der Waals surface area contributed by atoms with Gasteiger partial charge in [0.2, 0.25) is 5.95 Å². The number of hydrogen-bond acceptors (Lipinski definition) is 7. The SMILES string of the molecule is CCn1c(N2CCNCC2)nc2nc(Oc3ccc(OC)cc3)n(C)c(=O)c21. The molecule has 28 heavy (non-hydrogen) atoms. The van der Waals surface area contributed by atoms with Crippen molar-refractivity contribution in [1.82, 2.24) is 24.4 Å². The van der Waals surface area contributed by atoms with Gasteiger partial charge in [-0.15, -0.1) is 0 Å². The molecule has 0 atom stereocenters. The van der Waals surface area contributed by atoms with Crippen molar-refractivity contribution < 1.29 is 9.47 Å². The molecule has 0 amide bonds. The monoisotopic (exact) mass is 384 g/mol. The van der Waals surface area contributed by atoms with Gasteiger partial charge in [0.05, 0.1) is 7.11 Å². The summed E-state index contributed by atoms with van der Waals surface area (Å²) >= 11 is 0. The van der Waals surface area contributed by atoms with Crippen molar-refractivity contribution in [3.05, 3.63) is 34.6 Å². The zero-order valence-electron chi connectivity index (χ0n) is 16.3. The highest BCUT2D eigenvalue weighted by Gasteiger charge is 2.23. The molecule has 1 N–H and O–H groups in total. The van der Waals surface area contributed by atoms with Gasteiger partial charge in [0.25, 0.3) is 5.56 Å². The number of rotatable bonds is 5. The number of ether oxygens (including phenoxy) is 2. The first-order valence-corrected chi connectivity index (χ1v) is 9.37. The molecule has 1 aliphatic rings. The zero-order chi connectivity index (χ0) is 19.7. The summed E-state index contributed by atoms with van der Waals surface area (Å²) in [5.41, 5.74) is 0.729. The number of fused-ring (bicyclic) bond motifs is 1. The highest BCUT2D eigenvalue weighted by molar-refractivity contribution is 5.74. The van der Waals surface area contributed by atoms with Crippen LogP contribution in [0.1, 0.15) is 6.92 Å². The number of nitrogens with zero attached hydrogens (tertiary/aromatic N) is 5. The van der Waals surface area contributed by atoms with Crippen LogP contribution in [0.2, 0.25) is 0 Å². The van der Waals surface area contributed by atoms with Crippen molar-refractivity contribution in [2.75, 3.05) is 38.2 Å². The van der Waals surface area contributed by atoms with E-state index in [1.807, 2.05) is 11.5 Å². The minimum absolute atomic E-state index is 0.177. The van der Waals surface area contributed by atoms with Gasteiger partial charge in [0.15, 0.2) is 11.2 Å². The van der Waals surface area contributed by atoms with Crippen LogP contribution in [-0.4, -0.2) is 52.4 Å². The first-order valence-electron chi connectivity index (χ1n) is 9.37. The summed E-state index contributed by atoms with van der Waals surface area (Å²) in [6.45, 7) is 6.13. The van der Waals surface area contributed by atoms with Gasteiger partial charge in [-0.1, -0.05) is 0 Å². The molecule has 148 valence electrons. The lowest BCUT2D eigenvalue weighted by Gasteiger charge is -2.28. The van der Waals surface area contributed by atoms with E-state index in [0.717, 1.165) is 37.9 Å². The third-order valence-corrected chi connectivity index (χ3v) is 4.91. The third-order valence-electron chi connectivity index (χ3n) is 4.91. The number of aromatic nitrogens is 4. The zero-order valence-corrected chi connectivity index (χ0v) is 16.3. The predicted octanol–water partition coefficient (Wildman–Crippen LogP) is 1.36. The van der Waals surface area contributed by atoms with Crippen LogP contribution in [0.5, 0.6) is 17.5 Å². The number of methoxy groups -OCH3 is 1. The molecule has 4 rings (SSSR count). The van der Waals surface area contributed by atoms with Crippen molar-refractivity contribution in [1.29, 1.82) is 0 Å². The second-order valence-corrected chi connectivity index (χ2v) is 6.60. The molecule has 2 aromatic heterocycles. The van der Waals surface area contributed by atoms with E-state index in [0.29, 0.717) is 23.5 Å². The molecule has 9 nitrogen and oxygen atoms in total. The molecule has 0 saturated carbocycles. The van der Waals surface area contributed by atoms with Crippen LogP contribution in [0.25, 0.3) is 11.2 Å². The molecule has 0 bridgehead atoms. The average Bonchev–Trinajstić information content (AvgIpc) is 3.11. The van der Waals surface area contributed by atoms with Crippen LogP contribution in [0.15, 0.2) is 29.1 Å². The first kappa shape index (κ1) is 18.3. The molecule has 9 heteroatoms. The highest BCUT2D eigenvalue weighted by Crippen LogP contribution is 2.25. The number of benzene rings is 1. The number of hydrogen-bond donors (Lipinski definition) is 1. The molecule has 3 heterocycles. The van der Waals surface area contributed by atoms with E-state index in [4.69, 9.17) is 9.47 Å². The Morgan fingerprint density at radius 1 is 1.11 bits per heavy atom. The van der Waals surface area contributed by atoms with Gasteiger partial charge in [0.1, 0.15) is 11.5 Å². The number of anilines is 1. The van der Waals surface area contributed by atoms with Crippen LogP contribution in [0.4, 0.5) is 5.95 Å². The first-order chi connectivity index (χ1) is 13.6. The minimum Gasteiger partial charge on any atom is -0.497 e. The quantitative estimate of drug-likeness (QED) is 0.711. The normalized spacial score (nSPS) is 14.5. The van der Waals surface area contributed by atoms with Crippen molar-refractivity contribution in [3.63, 3.8) is 0 Å². The molecule has 0 aliphatic carbocycles. The van der Waals surface area contributed by atoms with Gasteiger partial charge in [0, 0.05) is 39.8 Å². The van der Waals surface area contributed by atoms with Crippen molar-refractivity contribution >= 4 is 17.1 Å². The average molecular weight is 384 g/mol. The van der Waals surface area contributed by atoms with Crippen molar-refractivity contribution in [2.24, 2.45) is 7.05 Å². The molecule has 1 fully saturated rings. The Kier molecular flexibility index (Phi) is 4.91. The lowest BCUT2D eigenvalue weighted by Crippen LogP contribution is -2.44. The molecule has 0 unspecified atom stereocenters. The van der Waals surface area contributed by atoms with Crippen LogP contribution < -0.4 is 25.2 Å². The van der Waals surface area contributed by atoms with Crippen LogP contribution in [0.3, 0.4) is 0 Å². The molecule has 3 aromatic rings. The van der Waals surface area contributed by atoms with E-state index in [-0.39, 0.29) is 11.6 Å². The van der Waals surface area contributed by atoms with E-state index in [2.05, 4.69) is 20.2 Å². The Morgan fingerprint density at radius 2 is 1.79 bits per heavy atom. The molecule has 0 spiro atoms. The van der Waals surface area contributed by atoms with Gasteiger partial charge in [-0.2, -0.15) is 9.97 Å². The lowest BCUT2D eigenvalue weighted by molar-refractivity contribution is 0.404. The topological polar surface area (TPSA) is 86.4 Å². The maximum Gasteiger partial charge on any atom is 0.306 e. The Hall–Kier alpha value is -3.07. The molecule has 1 aliphatic heterocycles. The molecule has 1 saturated heterocycles. The van der Waals surface area contributed by atoms with E-state index < -0.39 is 0 Å². The Labute approximate surface area is 162 Å². The number of imidazole rings is 1. The molecular weight excluding hydrogens is 360 g/mol.